The number of benzene rings is 2. The van der Waals surface area contributed by atoms with Crippen LogP contribution in [-0.4, -0.2) is 89.7 Å². The largest absolute Gasteiger partial charge is 0.726 e. The van der Waals surface area contributed by atoms with Crippen molar-refractivity contribution >= 4 is 61.5 Å². The highest BCUT2D eigenvalue weighted by molar-refractivity contribution is 7.80. The number of carbonyl (C=O) groups excluding carboxylic acids is 1. The molecule has 0 N–H and O–H groups in total. The van der Waals surface area contributed by atoms with Gasteiger partial charge in [-0.25, -0.2) is 8.42 Å². The molecule has 1 aliphatic heterocycles. The van der Waals surface area contributed by atoms with Crippen LogP contribution in [-0.2, 0) is 14.6 Å². The summed E-state index contributed by atoms with van der Waals surface area (Å²) in [6.07, 6.45) is 1.76. The molecule has 0 spiro atoms. The van der Waals surface area contributed by atoms with Crippen LogP contribution in [0.15, 0.2) is 69.9 Å². The molecule has 1 aliphatic carbocycles. The molecule has 46 heavy (non-hydrogen) atoms. The monoisotopic (exact) mass is 660 g/mol. The van der Waals surface area contributed by atoms with Crippen LogP contribution >= 0.6 is 11.3 Å². The fourth-order valence-corrected chi connectivity index (χ4v) is 5.64. The Balaban J connectivity index is 0.000000731. The maximum atomic E-state index is 13.5. The number of piperazine rings is 1. The molecule has 238 valence electrons. The fraction of sp³-hybridized carbons (Fsp3) is 0.290. The van der Waals surface area contributed by atoms with Crippen LogP contribution in [0.2, 0.25) is 0 Å². The molecule has 13 nitrogen and oxygen atoms in total. The molecule has 5 rings (SSSR count). The minimum Gasteiger partial charge on any atom is -0.726 e. The lowest BCUT2D eigenvalue weighted by Crippen LogP contribution is -2.55. The van der Waals surface area contributed by atoms with Crippen molar-refractivity contribution in [2.75, 3.05) is 71.3 Å². The minimum atomic E-state index is -4.41. The molecule has 1 saturated heterocycles. The summed E-state index contributed by atoms with van der Waals surface area (Å²) in [5.74, 6) is 0.515. The molecule has 0 unspecified atom stereocenters. The molecule has 2 heterocycles. The molecule has 3 aromatic rings. The second-order valence-corrected chi connectivity index (χ2v) is 13.3. The third kappa shape index (κ3) is 8.08. The van der Waals surface area contributed by atoms with Crippen LogP contribution in [0.1, 0.15) is 20.8 Å². The first kappa shape index (κ1) is 34.1. The van der Waals surface area contributed by atoms with Gasteiger partial charge in [-0.2, -0.15) is 15.5 Å². The maximum Gasteiger partial charge on any atom is 0.232 e. The Labute approximate surface area is 272 Å². The first-order valence-electron chi connectivity index (χ1n) is 14.0. The average molecular weight is 661 g/mol. The molecule has 0 saturated carbocycles. The molecule has 15 heteroatoms. The lowest BCUT2D eigenvalue weighted by atomic mass is 9.99. The van der Waals surface area contributed by atoms with Gasteiger partial charge in [-0.05, 0) is 35.9 Å². The summed E-state index contributed by atoms with van der Waals surface area (Å²) < 4.78 is 31.9. The molecule has 0 amide bonds. The Bertz CT molecular complexity index is 1890. The van der Waals surface area contributed by atoms with Crippen molar-refractivity contribution in [3.63, 3.8) is 0 Å². The first-order valence-corrected chi connectivity index (χ1v) is 16.1. The maximum absolute atomic E-state index is 13.5. The molecule has 0 bridgehead atoms. The Kier molecular flexibility index (Phi) is 10.5. The summed E-state index contributed by atoms with van der Waals surface area (Å²) in [5, 5.41) is 28.7. The number of aromatic nitrogens is 1. The lowest BCUT2D eigenvalue weighted by molar-refractivity contribution is -0.890. The van der Waals surface area contributed by atoms with Crippen LogP contribution < -0.4 is 9.80 Å². The van der Waals surface area contributed by atoms with Gasteiger partial charge >= 0.3 is 0 Å². The smallest absolute Gasteiger partial charge is 0.232 e. The summed E-state index contributed by atoms with van der Waals surface area (Å²) in [6.45, 7) is 3.50. The Hall–Kier alpha value is -4.77. The Morgan fingerprint density at radius 1 is 1.07 bits per heavy atom. The van der Waals surface area contributed by atoms with Crippen molar-refractivity contribution in [1.29, 1.82) is 10.5 Å². The molecule has 2 aromatic carbocycles. The Morgan fingerprint density at radius 3 is 2.20 bits per heavy atom. The number of likely N-dealkylation sites (N-methyl/N-ethyl adjacent to an activating group) is 1. The van der Waals surface area contributed by atoms with Gasteiger partial charge in [-0.3, -0.25) is 8.98 Å². The van der Waals surface area contributed by atoms with E-state index in [0.29, 0.717) is 33.1 Å². The number of azo groups is 1. The molecule has 0 atom stereocenters. The van der Waals surface area contributed by atoms with E-state index in [-0.39, 0.29) is 11.4 Å². The van der Waals surface area contributed by atoms with E-state index in [9.17, 15) is 28.3 Å². The van der Waals surface area contributed by atoms with E-state index in [0.717, 1.165) is 54.2 Å². The highest BCUT2D eigenvalue weighted by atomic mass is 32.3. The second-order valence-electron chi connectivity index (χ2n) is 11.1. The van der Waals surface area contributed by atoms with Gasteiger partial charge in [-0.15, -0.1) is 10.2 Å². The van der Waals surface area contributed by atoms with E-state index < -0.39 is 10.4 Å². The van der Waals surface area contributed by atoms with Crippen molar-refractivity contribution in [3.8, 4) is 12.1 Å². The van der Waals surface area contributed by atoms with Crippen LogP contribution in [0.3, 0.4) is 0 Å². The number of ketones is 1. The van der Waals surface area contributed by atoms with Gasteiger partial charge in [0.15, 0.2) is 5.78 Å². The van der Waals surface area contributed by atoms with Crippen LogP contribution in [0.5, 0.6) is 0 Å². The van der Waals surface area contributed by atoms with Gasteiger partial charge in [0.25, 0.3) is 0 Å². The van der Waals surface area contributed by atoms with Gasteiger partial charge < -0.3 is 18.8 Å². The second kappa shape index (κ2) is 14.1. The van der Waals surface area contributed by atoms with Crippen LogP contribution in [0, 0.1) is 22.7 Å². The molecule has 1 fully saturated rings. The molecular formula is C31H32N8O5S2. The van der Waals surface area contributed by atoms with E-state index in [4.69, 9.17) is 4.98 Å². The third-order valence-electron chi connectivity index (χ3n) is 7.40. The van der Waals surface area contributed by atoms with Crippen molar-refractivity contribution in [2.24, 2.45) is 10.2 Å². The van der Waals surface area contributed by atoms with Gasteiger partial charge in [0.2, 0.25) is 15.5 Å². The number of Topliss-reactive ketones (excluding diaryl/α,β-unsaturated/α-hetero) is 1. The van der Waals surface area contributed by atoms with Gasteiger partial charge in [0.05, 0.1) is 57.9 Å². The number of hydrogen-bond donors (Lipinski definition) is 0. The summed E-state index contributed by atoms with van der Waals surface area (Å²) in [6, 6.07) is 18.8. The van der Waals surface area contributed by atoms with Crippen LogP contribution in [0.4, 0.5) is 22.3 Å². The third-order valence-corrected chi connectivity index (χ3v) is 8.68. The molecular weight excluding hydrogens is 629 g/mol. The first-order chi connectivity index (χ1) is 21.8. The highest BCUT2D eigenvalue weighted by Crippen LogP contribution is 2.42. The fourth-order valence-electron chi connectivity index (χ4n) is 4.79. The average Bonchev–Trinajstić information content (AvgIpc) is 3.55. The predicted octanol–water partition coefficient (Wildman–Crippen LogP) is 4.69. The van der Waals surface area contributed by atoms with Crippen molar-refractivity contribution in [1.82, 2.24) is 4.98 Å². The number of allylic oxidation sites excluding steroid dienone is 3. The summed E-state index contributed by atoms with van der Waals surface area (Å²) in [5.41, 5.74) is 3.45. The number of thiazole rings is 1. The van der Waals surface area contributed by atoms with Gasteiger partial charge in [-0.1, -0.05) is 35.6 Å². The minimum absolute atomic E-state index is 0.0891. The topological polar surface area (TPSA) is 175 Å². The molecule has 1 aromatic heterocycles. The number of quaternary nitrogens is 1. The van der Waals surface area contributed by atoms with E-state index in [2.05, 4.69) is 33.4 Å². The predicted molar refractivity (Wildman–Crippen MR) is 175 cm³/mol. The molecule has 2 aliphatic rings. The van der Waals surface area contributed by atoms with Gasteiger partial charge in [0, 0.05) is 36.5 Å². The number of nitrogens with zero attached hydrogens (tertiary/aromatic N) is 8. The zero-order valence-corrected chi connectivity index (χ0v) is 27.6. The number of nitriles is 2. The number of anilines is 2. The molecule has 0 radical (unpaired) electrons. The summed E-state index contributed by atoms with van der Waals surface area (Å²) in [7, 11) is 4.77. The van der Waals surface area contributed by atoms with E-state index in [1.54, 1.807) is 30.3 Å². The zero-order valence-electron chi connectivity index (χ0n) is 26.0. The van der Waals surface area contributed by atoms with Crippen molar-refractivity contribution < 1.29 is 26.4 Å². The lowest BCUT2D eigenvalue weighted by Gasteiger charge is -2.39. The number of fused-ring (bicyclic) bond motifs is 1. The summed E-state index contributed by atoms with van der Waals surface area (Å²) in [4.78, 5) is 23.3. The SMILES string of the molecule is CN(C)c1ccc(N=Nc2nc(N3CC[N+](C)(C)CC3)c(/C=C3\C(=O)c4ccccc4C3=C(C#N)C#N)s2)cc1.COS(=O)(=O)[O-]. The van der Waals surface area contributed by atoms with E-state index in [1.807, 2.05) is 55.4 Å². The van der Waals surface area contributed by atoms with E-state index in [1.165, 1.54) is 11.3 Å². The zero-order chi connectivity index (χ0) is 33.6. The quantitative estimate of drug-likeness (QED) is 0.0900. The number of carbonyl (C=O) groups is 1. The summed E-state index contributed by atoms with van der Waals surface area (Å²) >= 11 is 1.33. The Morgan fingerprint density at radius 2 is 1.65 bits per heavy atom. The van der Waals surface area contributed by atoms with Gasteiger partial charge in [0.1, 0.15) is 23.5 Å². The number of rotatable bonds is 6. The highest BCUT2D eigenvalue weighted by Gasteiger charge is 2.34. The number of hydrogen-bond acceptors (Lipinski definition) is 13. The van der Waals surface area contributed by atoms with Crippen molar-refractivity contribution in [3.05, 3.63) is 75.7 Å². The van der Waals surface area contributed by atoms with Crippen LogP contribution in [0.25, 0.3) is 11.6 Å². The normalized spacial score (nSPS) is 16.4. The van der Waals surface area contributed by atoms with Crippen molar-refractivity contribution in [2.45, 2.75) is 0 Å². The standard InChI is InChI=1S/C30H29N8OS.CH4O4S/c1-36(2)22-11-9-21(10-12-22)34-35-30-33-29(37-13-15-38(3,4)16-14-37)26(40-30)17-25-27(20(18-31)19-32)23-7-5-6-8-24(23)28(25)39;1-5-6(2,3)4/h5-12,17H,13-16H2,1-4H3;1H3,(H,2,3,4)/q+1;/p-1/b25-17-,35-34?;. The van der Waals surface area contributed by atoms with E-state index >= 15 is 0 Å².